The third-order valence-electron chi connectivity index (χ3n) is 2.43. The van der Waals surface area contributed by atoms with Gasteiger partial charge in [-0.15, -0.1) is 0 Å². The third-order valence-corrected chi connectivity index (χ3v) is 2.43. The van der Waals surface area contributed by atoms with E-state index in [9.17, 15) is 4.79 Å². The molecule has 0 saturated carbocycles. The molecule has 0 aromatic rings. The van der Waals surface area contributed by atoms with Crippen LogP contribution in [0, 0.1) is 5.92 Å². The zero-order valence-corrected chi connectivity index (χ0v) is 5.96. The number of carbonyl (C=O) groups is 1. The summed E-state index contributed by atoms with van der Waals surface area (Å²) in [5, 5.41) is 3.14. The fourth-order valence-electron chi connectivity index (χ4n) is 1.73. The van der Waals surface area contributed by atoms with Gasteiger partial charge in [-0.3, -0.25) is 4.79 Å². The molecule has 2 saturated heterocycles. The van der Waals surface area contributed by atoms with Crippen molar-refractivity contribution >= 4 is 5.97 Å². The molecule has 3 unspecified atom stereocenters. The Hall–Kier alpha value is -0.570. The van der Waals surface area contributed by atoms with Crippen LogP contribution in [0.1, 0.15) is 13.3 Å². The molecule has 0 aromatic carbocycles. The van der Waals surface area contributed by atoms with E-state index in [1.165, 1.54) is 0 Å². The molecule has 3 atom stereocenters. The van der Waals surface area contributed by atoms with Crippen LogP contribution in [0.3, 0.4) is 0 Å². The lowest BCUT2D eigenvalue weighted by molar-refractivity contribution is -0.141. The van der Waals surface area contributed by atoms with Crippen molar-refractivity contribution in [3.63, 3.8) is 0 Å². The first-order valence-corrected chi connectivity index (χ1v) is 3.73. The van der Waals surface area contributed by atoms with Gasteiger partial charge in [0.05, 0.1) is 0 Å². The predicted octanol–water partition coefficient (Wildman–Crippen LogP) is -0.0902. The van der Waals surface area contributed by atoms with Crippen LogP contribution in [0.15, 0.2) is 0 Å². The first kappa shape index (κ1) is 6.16. The number of hydrogen-bond acceptors (Lipinski definition) is 3. The maximum Gasteiger partial charge on any atom is 0.323 e. The maximum absolute atomic E-state index is 11.0. The third kappa shape index (κ3) is 0.669. The van der Waals surface area contributed by atoms with Crippen LogP contribution in [-0.4, -0.2) is 24.7 Å². The molecule has 3 heteroatoms. The highest BCUT2D eigenvalue weighted by Gasteiger charge is 2.43. The van der Waals surface area contributed by atoms with Crippen LogP contribution in [0.25, 0.3) is 0 Å². The average Bonchev–Trinajstić information content (AvgIpc) is 2.16. The number of carbonyl (C=O) groups excluding carboxylic acids is 1. The summed E-state index contributed by atoms with van der Waals surface area (Å²) >= 11 is 0. The van der Waals surface area contributed by atoms with Gasteiger partial charge in [-0.2, -0.15) is 0 Å². The first-order valence-electron chi connectivity index (χ1n) is 3.73. The Morgan fingerprint density at radius 2 is 2.50 bits per heavy atom. The zero-order chi connectivity index (χ0) is 7.14. The molecule has 2 aliphatic heterocycles. The van der Waals surface area contributed by atoms with Gasteiger partial charge < -0.3 is 10.1 Å². The van der Waals surface area contributed by atoms with Crippen molar-refractivity contribution in [2.75, 3.05) is 6.54 Å². The van der Waals surface area contributed by atoms with Crippen LogP contribution < -0.4 is 5.32 Å². The van der Waals surface area contributed by atoms with Crippen molar-refractivity contribution in [1.29, 1.82) is 0 Å². The number of ether oxygens (including phenoxy) is 1. The van der Waals surface area contributed by atoms with Gasteiger partial charge in [0.15, 0.2) is 0 Å². The molecule has 0 spiro atoms. The van der Waals surface area contributed by atoms with Crippen molar-refractivity contribution in [3.05, 3.63) is 0 Å². The molecule has 1 N–H and O–H groups in total. The summed E-state index contributed by atoms with van der Waals surface area (Å²) in [5.41, 5.74) is 0. The van der Waals surface area contributed by atoms with Gasteiger partial charge in [0.2, 0.25) is 0 Å². The Bertz CT molecular complexity index is 169. The molecule has 10 heavy (non-hydrogen) atoms. The van der Waals surface area contributed by atoms with Gasteiger partial charge in [-0.25, -0.2) is 0 Å². The fourth-order valence-corrected chi connectivity index (χ4v) is 1.73. The fraction of sp³-hybridized carbons (Fsp3) is 0.857. The topological polar surface area (TPSA) is 38.3 Å². The summed E-state index contributed by atoms with van der Waals surface area (Å²) in [6.45, 7) is 2.98. The highest BCUT2D eigenvalue weighted by molar-refractivity contribution is 5.78. The Balaban J connectivity index is 2.22. The quantitative estimate of drug-likeness (QED) is 0.479. The molecule has 0 aromatic heterocycles. The molecule has 0 amide bonds. The standard InChI is InChI=1S/C7H11NO2/c1-4-5-2-3-8-6(4)7(9)10-5/h4-6,8H,2-3H2,1H3. The molecule has 2 rings (SSSR count). The van der Waals surface area contributed by atoms with E-state index in [1.807, 2.05) is 0 Å². The second-order valence-corrected chi connectivity index (χ2v) is 3.05. The molecule has 2 aliphatic rings. The van der Waals surface area contributed by atoms with E-state index < -0.39 is 0 Å². The van der Waals surface area contributed by atoms with E-state index in [0.717, 1.165) is 13.0 Å². The zero-order valence-electron chi connectivity index (χ0n) is 5.96. The predicted molar refractivity (Wildman–Crippen MR) is 35.5 cm³/mol. The Morgan fingerprint density at radius 1 is 1.70 bits per heavy atom. The molecule has 56 valence electrons. The summed E-state index contributed by atoms with van der Waals surface area (Å²) in [6.07, 6.45) is 1.17. The van der Waals surface area contributed by atoms with Crippen LogP contribution in [0.5, 0.6) is 0 Å². The summed E-state index contributed by atoms with van der Waals surface area (Å²) in [6, 6.07) is -0.0150. The van der Waals surface area contributed by atoms with Crippen molar-refractivity contribution in [2.24, 2.45) is 5.92 Å². The molecule has 0 aliphatic carbocycles. The lowest BCUT2D eigenvalue weighted by atomic mass is 9.93. The van der Waals surface area contributed by atoms with Gasteiger partial charge in [-0.1, -0.05) is 6.92 Å². The molecular weight excluding hydrogens is 130 g/mol. The molecule has 0 radical (unpaired) electrons. The highest BCUT2D eigenvalue weighted by Crippen LogP contribution is 2.27. The number of nitrogens with one attached hydrogen (secondary N) is 1. The van der Waals surface area contributed by atoms with Crippen molar-refractivity contribution in [1.82, 2.24) is 5.32 Å². The number of rotatable bonds is 0. The largest absolute Gasteiger partial charge is 0.461 e. The Labute approximate surface area is 59.7 Å². The lowest BCUT2D eigenvalue weighted by Gasteiger charge is -2.22. The van der Waals surface area contributed by atoms with Crippen molar-refractivity contribution in [2.45, 2.75) is 25.5 Å². The molecular formula is C7H11NO2. The average molecular weight is 141 g/mol. The van der Waals surface area contributed by atoms with E-state index in [0.29, 0.717) is 5.92 Å². The molecule has 2 bridgehead atoms. The minimum Gasteiger partial charge on any atom is -0.461 e. The Kier molecular flexibility index (Phi) is 1.20. The first-order chi connectivity index (χ1) is 4.79. The summed E-state index contributed by atoms with van der Waals surface area (Å²) in [7, 11) is 0. The monoisotopic (exact) mass is 141 g/mol. The van der Waals surface area contributed by atoms with Gasteiger partial charge >= 0.3 is 5.97 Å². The smallest absolute Gasteiger partial charge is 0.323 e. The number of piperidine rings is 1. The van der Waals surface area contributed by atoms with Gasteiger partial charge in [0.25, 0.3) is 0 Å². The lowest BCUT2D eigenvalue weighted by Crippen LogP contribution is -2.43. The molecule has 2 fully saturated rings. The van der Waals surface area contributed by atoms with E-state index in [-0.39, 0.29) is 18.1 Å². The summed E-state index contributed by atoms with van der Waals surface area (Å²) < 4.78 is 5.10. The second-order valence-electron chi connectivity index (χ2n) is 3.05. The van der Waals surface area contributed by atoms with E-state index in [4.69, 9.17) is 4.74 Å². The molecule has 3 nitrogen and oxygen atoms in total. The molecule has 2 heterocycles. The van der Waals surface area contributed by atoms with E-state index >= 15 is 0 Å². The van der Waals surface area contributed by atoms with Gasteiger partial charge in [0, 0.05) is 5.92 Å². The second kappa shape index (κ2) is 1.95. The normalized spacial score (nSPS) is 45.3. The van der Waals surface area contributed by atoms with Crippen LogP contribution in [0.4, 0.5) is 0 Å². The van der Waals surface area contributed by atoms with Crippen LogP contribution in [0.2, 0.25) is 0 Å². The number of esters is 1. The van der Waals surface area contributed by atoms with Gasteiger partial charge in [0.1, 0.15) is 12.1 Å². The summed E-state index contributed by atoms with van der Waals surface area (Å²) in [5.74, 6) is 0.316. The SMILES string of the molecule is CC1C2CCNC1C(=O)O2. The van der Waals surface area contributed by atoms with Crippen molar-refractivity contribution < 1.29 is 9.53 Å². The Morgan fingerprint density at radius 3 is 3.10 bits per heavy atom. The summed E-state index contributed by atoms with van der Waals surface area (Å²) in [4.78, 5) is 11.0. The van der Waals surface area contributed by atoms with Crippen LogP contribution in [-0.2, 0) is 9.53 Å². The van der Waals surface area contributed by atoms with Crippen LogP contribution >= 0.6 is 0 Å². The van der Waals surface area contributed by atoms with E-state index in [1.54, 1.807) is 0 Å². The van der Waals surface area contributed by atoms with Crippen molar-refractivity contribution in [3.8, 4) is 0 Å². The van der Waals surface area contributed by atoms with E-state index in [2.05, 4.69) is 12.2 Å². The van der Waals surface area contributed by atoms with Gasteiger partial charge in [-0.05, 0) is 13.0 Å². The number of fused-ring (bicyclic) bond motifs is 2. The minimum absolute atomic E-state index is 0.0150. The highest BCUT2D eigenvalue weighted by atomic mass is 16.6. The minimum atomic E-state index is -0.0602. The maximum atomic E-state index is 11.0. The number of hydrogen-bond donors (Lipinski definition) is 1.